The maximum Gasteiger partial charge on any atom is 0.459 e. The van der Waals surface area contributed by atoms with E-state index in [1.807, 2.05) is 0 Å². The van der Waals surface area contributed by atoms with E-state index in [4.69, 9.17) is 24.3 Å². The van der Waals surface area contributed by atoms with E-state index < -0.39 is 68.2 Å². The van der Waals surface area contributed by atoms with Crippen molar-refractivity contribution in [3.8, 4) is 5.75 Å². The first-order chi connectivity index (χ1) is 16.9. The average molecular weight is 526 g/mol. The number of para-hydroxylation sites is 1. The zero-order valence-corrected chi connectivity index (χ0v) is 21.2. The summed E-state index contributed by atoms with van der Waals surface area (Å²) in [6, 6.07) is 6.03. The minimum atomic E-state index is -4.21. The number of nitrogens with one attached hydrogen (secondary N) is 2. The average Bonchev–Trinajstić information content (AvgIpc) is 3.08. The Hall–Kier alpha value is -2.80. The normalized spacial score (nSPS) is 24.3. The number of benzene rings is 1. The van der Waals surface area contributed by atoms with E-state index in [-0.39, 0.29) is 11.3 Å². The number of hydrogen-bond acceptors (Lipinski definition) is 10. The summed E-state index contributed by atoms with van der Waals surface area (Å²) in [7, 11) is -4.21. The highest BCUT2D eigenvalue weighted by Crippen LogP contribution is 2.45. The molecular weight excluding hydrogens is 495 g/mol. The van der Waals surface area contributed by atoms with Crippen LogP contribution in [0.25, 0.3) is 0 Å². The summed E-state index contributed by atoms with van der Waals surface area (Å²) in [5, 5.41) is 13.2. The molecule has 198 valence electrons. The second kappa shape index (κ2) is 11.5. The van der Waals surface area contributed by atoms with Gasteiger partial charge in [0, 0.05) is 11.8 Å². The lowest BCUT2D eigenvalue weighted by Gasteiger charge is -2.25. The van der Waals surface area contributed by atoms with E-state index in [9.17, 15) is 24.1 Å². The SMILES string of the molecule is Cc1cn([C@@H]2O[C@H](COP(=O)(N[C@H](C)C(=O)OC(C)C)Oc3ccccc3)[C@@H](O)[C@H]2N)c(=O)[nH]c1=O. The Morgan fingerprint density at radius 2 is 1.94 bits per heavy atom. The molecule has 1 aliphatic rings. The van der Waals surface area contributed by atoms with Crippen LogP contribution in [0, 0.1) is 6.92 Å². The van der Waals surface area contributed by atoms with E-state index in [1.54, 1.807) is 44.2 Å². The second-order valence-corrected chi connectivity index (χ2v) is 10.3. The predicted octanol–water partition coefficient (Wildman–Crippen LogP) is 0.564. The Morgan fingerprint density at radius 1 is 1.28 bits per heavy atom. The van der Waals surface area contributed by atoms with Gasteiger partial charge in [-0.05, 0) is 39.8 Å². The van der Waals surface area contributed by atoms with Gasteiger partial charge in [0.05, 0.1) is 18.8 Å². The van der Waals surface area contributed by atoms with Crippen molar-refractivity contribution in [1.82, 2.24) is 14.6 Å². The van der Waals surface area contributed by atoms with Crippen LogP contribution in [0.2, 0.25) is 0 Å². The van der Waals surface area contributed by atoms with Crippen molar-refractivity contribution in [3.63, 3.8) is 0 Å². The number of nitrogens with two attached hydrogens (primary N) is 1. The lowest BCUT2D eigenvalue weighted by atomic mass is 10.1. The number of aliphatic hydroxyl groups is 1. The summed E-state index contributed by atoms with van der Waals surface area (Å²) >= 11 is 0. The van der Waals surface area contributed by atoms with Gasteiger partial charge in [-0.1, -0.05) is 18.2 Å². The molecule has 0 radical (unpaired) electrons. The van der Waals surface area contributed by atoms with Crippen LogP contribution in [-0.4, -0.2) is 57.6 Å². The van der Waals surface area contributed by atoms with Gasteiger partial charge in [0.2, 0.25) is 0 Å². The van der Waals surface area contributed by atoms with Gasteiger partial charge in [0.1, 0.15) is 24.0 Å². The summed E-state index contributed by atoms with van der Waals surface area (Å²) in [4.78, 5) is 38.4. The monoisotopic (exact) mass is 526 g/mol. The van der Waals surface area contributed by atoms with Crippen LogP contribution in [0.3, 0.4) is 0 Å². The first-order valence-corrected chi connectivity index (χ1v) is 12.8. The van der Waals surface area contributed by atoms with Crippen LogP contribution in [0.15, 0.2) is 46.1 Å². The van der Waals surface area contributed by atoms with E-state index >= 15 is 0 Å². The molecule has 1 aliphatic heterocycles. The number of hydrogen-bond donors (Lipinski definition) is 4. The number of carbonyl (C=O) groups excluding carboxylic acids is 1. The number of H-pyrrole nitrogens is 1. The summed E-state index contributed by atoms with van der Waals surface area (Å²) < 4.78 is 36.6. The third-order valence-electron chi connectivity index (χ3n) is 5.27. The zero-order valence-electron chi connectivity index (χ0n) is 20.3. The number of ether oxygens (including phenoxy) is 2. The van der Waals surface area contributed by atoms with Crippen molar-refractivity contribution < 1.29 is 33.0 Å². The molecule has 1 aromatic carbocycles. The summed E-state index contributed by atoms with van der Waals surface area (Å²) in [6.07, 6.45) is -2.68. The molecule has 2 heterocycles. The fraction of sp³-hybridized carbons (Fsp3) is 0.500. The largest absolute Gasteiger partial charge is 0.462 e. The summed E-state index contributed by atoms with van der Waals surface area (Å²) in [6.45, 7) is 5.82. The van der Waals surface area contributed by atoms with Crippen molar-refractivity contribution in [1.29, 1.82) is 0 Å². The van der Waals surface area contributed by atoms with Crippen molar-refractivity contribution >= 4 is 13.7 Å². The Bertz CT molecular complexity index is 1220. The van der Waals surface area contributed by atoms with Gasteiger partial charge >= 0.3 is 19.4 Å². The van der Waals surface area contributed by atoms with Crippen molar-refractivity contribution in [2.24, 2.45) is 5.73 Å². The van der Waals surface area contributed by atoms with Gasteiger partial charge in [0.25, 0.3) is 5.56 Å². The molecule has 1 saturated heterocycles. The molecule has 0 aliphatic carbocycles. The van der Waals surface area contributed by atoms with E-state index in [1.165, 1.54) is 20.0 Å². The van der Waals surface area contributed by atoms with Crippen LogP contribution in [0.4, 0.5) is 0 Å². The molecule has 13 nitrogen and oxygen atoms in total. The first-order valence-electron chi connectivity index (χ1n) is 11.3. The van der Waals surface area contributed by atoms with Crippen LogP contribution < -0.4 is 26.6 Å². The molecule has 14 heteroatoms. The standard InChI is InChI=1S/C22H31N4O9P/c1-12(2)33-21(29)14(4)25-36(31,35-15-8-6-5-7-9-15)32-11-16-18(27)17(23)20(34-16)26-10-13(3)19(28)24-22(26)30/h5-10,12,14,16-18,20,27H,11,23H2,1-4H3,(H,25,31)(H,24,28,30)/t14-,16-,17-,18-,20-,36?/m1/s1. The number of rotatable bonds is 10. The Kier molecular flexibility index (Phi) is 8.88. The summed E-state index contributed by atoms with van der Waals surface area (Å²) in [5.74, 6) is -0.465. The minimum absolute atomic E-state index is 0.204. The highest BCUT2D eigenvalue weighted by atomic mass is 31.2. The molecule has 5 N–H and O–H groups in total. The van der Waals surface area contributed by atoms with E-state index in [0.29, 0.717) is 0 Å². The van der Waals surface area contributed by atoms with Gasteiger partial charge in [-0.15, -0.1) is 0 Å². The Labute approximate surface area is 207 Å². The van der Waals surface area contributed by atoms with E-state index in [0.717, 1.165) is 4.57 Å². The lowest BCUT2D eigenvalue weighted by Crippen LogP contribution is -2.43. The number of carbonyl (C=O) groups is 1. The number of aromatic nitrogens is 2. The topological polar surface area (TPSA) is 184 Å². The van der Waals surface area contributed by atoms with Crippen molar-refractivity contribution in [2.45, 2.75) is 64.3 Å². The van der Waals surface area contributed by atoms with Crippen molar-refractivity contribution in [2.75, 3.05) is 6.61 Å². The summed E-state index contributed by atoms with van der Waals surface area (Å²) in [5.41, 5.74) is 4.99. The van der Waals surface area contributed by atoms with Crippen LogP contribution in [0.1, 0.15) is 32.6 Å². The molecule has 0 amide bonds. The van der Waals surface area contributed by atoms with Gasteiger partial charge in [0.15, 0.2) is 6.23 Å². The highest BCUT2D eigenvalue weighted by Gasteiger charge is 2.45. The maximum absolute atomic E-state index is 13.6. The molecule has 1 aromatic heterocycles. The number of aryl methyl sites for hydroxylation is 1. The molecule has 0 bridgehead atoms. The number of aliphatic hydroxyl groups excluding tert-OH is 1. The van der Waals surface area contributed by atoms with Gasteiger partial charge in [-0.25, -0.2) is 9.36 Å². The molecule has 1 unspecified atom stereocenters. The number of esters is 1. The van der Waals surface area contributed by atoms with Crippen LogP contribution in [-0.2, 0) is 23.4 Å². The van der Waals surface area contributed by atoms with Crippen molar-refractivity contribution in [3.05, 3.63) is 62.9 Å². The number of nitrogens with zero attached hydrogens (tertiary/aromatic N) is 1. The minimum Gasteiger partial charge on any atom is -0.462 e. The molecular formula is C22H31N4O9P. The third kappa shape index (κ3) is 6.69. The quantitative estimate of drug-likeness (QED) is 0.251. The molecule has 36 heavy (non-hydrogen) atoms. The Morgan fingerprint density at radius 3 is 2.58 bits per heavy atom. The van der Waals surface area contributed by atoms with Crippen LogP contribution >= 0.6 is 7.75 Å². The smallest absolute Gasteiger partial charge is 0.459 e. The predicted molar refractivity (Wildman–Crippen MR) is 128 cm³/mol. The fourth-order valence-electron chi connectivity index (χ4n) is 3.44. The molecule has 2 aromatic rings. The number of aromatic amines is 1. The second-order valence-electron chi connectivity index (χ2n) is 8.65. The molecule has 0 spiro atoms. The molecule has 3 rings (SSSR count). The van der Waals surface area contributed by atoms with Gasteiger partial charge in [-0.2, -0.15) is 5.09 Å². The van der Waals surface area contributed by atoms with Gasteiger partial charge < -0.3 is 24.8 Å². The highest BCUT2D eigenvalue weighted by molar-refractivity contribution is 7.52. The van der Waals surface area contributed by atoms with Gasteiger partial charge in [-0.3, -0.25) is 23.7 Å². The fourth-order valence-corrected chi connectivity index (χ4v) is 4.94. The Balaban J connectivity index is 1.77. The molecule has 0 saturated carbocycles. The molecule has 6 atom stereocenters. The third-order valence-corrected chi connectivity index (χ3v) is 6.92. The van der Waals surface area contributed by atoms with E-state index in [2.05, 4.69) is 10.1 Å². The zero-order chi connectivity index (χ0) is 26.6. The maximum atomic E-state index is 13.6. The first kappa shape index (κ1) is 27.8. The van der Waals surface area contributed by atoms with Crippen LogP contribution in [0.5, 0.6) is 5.75 Å². The molecule has 1 fully saturated rings. The lowest BCUT2D eigenvalue weighted by molar-refractivity contribution is -0.149.